The highest BCUT2D eigenvalue weighted by atomic mass is 79.9. The largest absolute Gasteiger partial charge is 0.478 e. The molecule has 1 aliphatic heterocycles. The Morgan fingerprint density at radius 1 is 1.50 bits per heavy atom. The first-order chi connectivity index (χ1) is 8.33. The first-order valence-electron chi connectivity index (χ1n) is 5.35. The summed E-state index contributed by atoms with van der Waals surface area (Å²) in [6.45, 7) is 2.14. The van der Waals surface area contributed by atoms with E-state index in [0.717, 1.165) is 0 Å². The van der Waals surface area contributed by atoms with Crippen LogP contribution in [0.4, 0.5) is 5.69 Å². The highest BCUT2D eigenvalue weighted by molar-refractivity contribution is 9.10. The van der Waals surface area contributed by atoms with E-state index < -0.39 is 16.0 Å². The van der Waals surface area contributed by atoms with Gasteiger partial charge in [0, 0.05) is 11.0 Å². The van der Waals surface area contributed by atoms with Crippen molar-refractivity contribution in [1.29, 1.82) is 0 Å². The molecule has 5 nitrogen and oxygen atoms in total. The number of aromatic carboxylic acids is 1. The summed E-state index contributed by atoms with van der Waals surface area (Å²) in [5, 5.41) is 9.14. The highest BCUT2D eigenvalue weighted by Gasteiger charge is 2.36. The number of halogens is 1. The lowest BCUT2D eigenvalue weighted by Gasteiger charge is -2.20. The summed E-state index contributed by atoms with van der Waals surface area (Å²) in [6, 6.07) is 4.62. The lowest BCUT2D eigenvalue weighted by Crippen LogP contribution is -2.27. The number of carboxylic acid groups (broad SMARTS) is 1. The van der Waals surface area contributed by atoms with Gasteiger partial charge in [0.15, 0.2) is 0 Å². The molecule has 0 bridgehead atoms. The van der Waals surface area contributed by atoms with Crippen LogP contribution in [0.2, 0.25) is 0 Å². The monoisotopic (exact) mass is 333 g/mol. The zero-order valence-corrected chi connectivity index (χ0v) is 12.0. The van der Waals surface area contributed by atoms with E-state index in [1.807, 2.05) is 6.92 Å². The zero-order valence-electron chi connectivity index (χ0n) is 9.63. The van der Waals surface area contributed by atoms with Crippen LogP contribution in [0.5, 0.6) is 0 Å². The van der Waals surface area contributed by atoms with Gasteiger partial charge in [0.2, 0.25) is 10.0 Å². The summed E-state index contributed by atoms with van der Waals surface area (Å²) in [5.74, 6) is -1.10. The molecule has 1 fully saturated rings. The molecule has 1 unspecified atom stereocenters. The quantitative estimate of drug-likeness (QED) is 0.897. The number of rotatable bonds is 2. The first-order valence-corrected chi connectivity index (χ1v) is 7.75. The average Bonchev–Trinajstić information content (AvgIpc) is 2.51. The van der Waals surface area contributed by atoms with Crippen LogP contribution < -0.4 is 4.31 Å². The van der Waals surface area contributed by atoms with E-state index in [4.69, 9.17) is 5.11 Å². The van der Waals surface area contributed by atoms with Crippen LogP contribution in [0, 0.1) is 5.92 Å². The molecule has 98 valence electrons. The van der Waals surface area contributed by atoms with Gasteiger partial charge < -0.3 is 5.11 Å². The lowest BCUT2D eigenvalue weighted by atomic mass is 10.1. The second kappa shape index (κ2) is 4.55. The van der Waals surface area contributed by atoms with Crippen molar-refractivity contribution in [3.05, 3.63) is 28.2 Å². The smallest absolute Gasteiger partial charge is 0.337 e. The molecule has 0 amide bonds. The molecular formula is C11H12BrNO4S. The molecule has 1 atom stereocenters. The van der Waals surface area contributed by atoms with Crippen molar-refractivity contribution in [3.63, 3.8) is 0 Å². The maximum Gasteiger partial charge on any atom is 0.337 e. The number of hydrogen-bond donors (Lipinski definition) is 1. The molecule has 0 spiro atoms. The van der Waals surface area contributed by atoms with Crippen LogP contribution in [0.15, 0.2) is 22.7 Å². The Kier molecular flexibility index (Phi) is 3.37. The van der Waals surface area contributed by atoms with Gasteiger partial charge in [0.05, 0.1) is 17.0 Å². The van der Waals surface area contributed by atoms with Crippen LogP contribution in [-0.4, -0.2) is 31.8 Å². The van der Waals surface area contributed by atoms with Crippen molar-refractivity contribution in [2.75, 3.05) is 16.6 Å². The third-order valence-corrected chi connectivity index (χ3v) is 5.41. The number of para-hydroxylation sites is 1. The normalized spacial score (nSPS) is 22.1. The summed E-state index contributed by atoms with van der Waals surface area (Å²) in [6.07, 6.45) is 0. The Morgan fingerprint density at radius 3 is 2.67 bits per heavy atom. The Labute approximate surface area is 114 Å². The Balaban J connectivity index is 2.61. The van der Waals surface area contributed by atoms with Crippen molar-refractivity contribution >= 4 is 37.6 Å². The molecule has 7 heteroatoms. The van der Waals surface area contributed by atoms with Crippen molar-refractivity contribution in [3.8, 4) is 0 Å². The molecule has 0 aliphatic carbocycles. The van der Waals surface area contributed by atoms with Gasteiger partial charge in [-0.1, -0.05) is 13.0 Å². The number of anilines is 1. The van der Waals surface area contributed by atoms with Gasteiger partial charge in [-0.15, -0.1) is 0 Å². The van der Waals surface area contributed by atoms with Crippen molar-refractivity contribution in [2.24, 2.45) is 5.92 Å². The van der Waals surface area contributed by atoms with E-state index in [1.165, 1.54) is 10.4 Å². The third-order valence-electron chi connectivity index (χ3n) is 2.78. The molecule has 1 heterocycles. The molecular weight excluding hydrogens is 322 g/mol. The fraction of sp³-hybridized carbons (Fsp3) is 0.364. The molecule has 1 N–H and O–H groups in total. The molecule has 0 radical (unpaired) electrons. The summed E-state index contributed by atoms with van der Waals surface area (Å²) >= 11 is 3.23. The van der Waals surface area contributed by atoms with E-state index in [2.05, 4.69) is 15.9 Å². The molecule has 0 saturated carbocycles. The van der Waals surface area contributed by atoms with Gasteiger partial charge in [-0.3, -0.25) is 4.31 Å². The van der Waals surface area contributed by atoms with Crippen molar-refractivity contribution in [2.45, 2.75) is 6.92 Å². The number of carbonyl (C=O) groups is 1. The summed E-state index contributed by atoms with van der Waals surface area (Å²) < 4.78 is 25.7. The topological polar surface area (TPSA) is 74.7 Å². The standard InChI is InChI=1S/C11H12BrNO4S/c1-7-5-13(18(16,17)6-7)10-8(11(14)15)3-2-4-9(10)12/h2-4,7H,5-6H2,1H3,(H,14,15). The minimum atomic E-state index is -3.43. The number of hydrogen-bond acceptors (Lipinski definition) is 3. The highest BCUT2D eigenvalue weighted by Crippen LogP contribution is 2.35. The fourth-order valence-corrected chi connectivity index (χ4v) is 4.73. The molecule has 1 aromatic carbocycles. The predicted octanol–water partition coefficient (Wildman–Crippen LogP) is 1.93. The molecule has 0 aromatic heterocycles. The fourth-order valence-electron chi connectivity index (χ4n) is 2.07. The summed E-state index contributed by atoms with van der Waals surface area (Å²) in [5.41, 5.74) is 0.205. The van der Waals surface area contributed by atoms with Gasteiger partial charge in [0.25, 0.3) is 0 Å². The van der Waals surface area contributed by atoms with Gasteiger partial charge in [-0.25, -0.2) is 13.2 Å². The molecule has 1 aromatic rings. The minimum Gasteiger partial charge on any atom is -0.478 e. The SMILES string of the molecule is CC1CN(c2c(Br)cccc2C(=O)O)S(=O)(=O)C1. The van der Waals surface area contributed by atoms with E-state index in [9.17, 15) is 13.2 Å². The van der Waals surface area contributed by atoms with Gasteiger partial charge in [-0.2, -0.15) is 0 Å². The Morgan fingerprint density at radius 2 is 2.17 bits per heavy atom. The van der Waals surface area contributed by atoms with Gasteiger partial charge in [-0.05, 0) is 34.0 Å². The second-order valence-electron chi connectivity index (χ2n) is 4.36. The maximum absolute atomic E-state index is 12.0. The molecule has 2 rings (SSSR count). The van der Waals surface area contributed by atoms with E-state index in [-0.39, 0.29) is 22.9 Å². The number of sulfonamides is 1. The number of benzene rings is 1. The van der Waals surface area contributed by atoms with Crippen LogP contribution in [0.1, 0.15) is 17.3 Å². The van der Waals surface area contributed by atoms with E-state index >= 15 is 0 Å². The van der Waals surface area contributed by atoms with Crippen molar-refractivity contribution < 1.29 is 18.3 Å². The van der Waals surface area contributed by atoms with Crippen LogP contribution >= 0.6 is 15.9 Å². The third kappa shape index (κ3) is 2.24. The van der Waals surface area contributed by atoms with E-state index in [1.54, 1.807) is 12.1 Å². The van der Waals surface area contributed by atoms with Gasteiger partial charge >= 0.3 is 5.97 Å². The maximum atomic E-state index is 12.0. The summed E-state index contributed by atoms with van der Waals surface area (Å²) in [4.78, 5) is 11.2. The van der Waals surface area contributed by atoms with Gasteiger partial charge in [0.1, 0.15) is 0 Å². The second-order valence-corrected chi connectivity index (χ2v) is 7.15. The van der Waals surface area contributed by atoms with Crippen molar-refractivity contribution in [1.82, 2.24) is 0 Å². The molecule has 18 heavy (non-hydrogen) atoms. The van der Waals surface area contributed by atoms with E-state index in [0.29, 0.717) is 11.0 Å². The lowest BCUT2D eigenvalue weighted by molar-refractivity contribution is 0.0697. The Hall–Kier alpha value is -1.08. The first kappa shape index (κ1) is 13.4. The molecule has 1 aliphatic rings. The van der Waals surface area contributed by atoms with Crippen LogP contribution in [-0.2, 0) is 10.0 Å². The number of carboxylic acids is 1. The van der Waals surface area contributed by atoms with Crippen LogP contribution in [0.3, 0.4) is 0 Å². The zero-order chi connectivity index (χ0) is 13.5. The van der Waals surface area contributed by atoms with Crippen LogP contribution in [0.25, 0.3) is 0 Å². The Bertz CT molecular complexity index is 599. The summed E-state index contributed by atoms with van der Waals surface area (Å²) in [7, 11) is -3.43. The molecule has 1 saturated heterocycles. The average molecular weight is 334 g/mol. The number of nitrogens with zero attached hydrogens (tertiary/aromatic N) is 1. The predicted molar refractivity (Wildman–Crippen MR) is 71.4 cm³/mol. The minimum absolute atomic E-state index is 0.0104.